The first kappa shape index (κ1) is 28.0. The second-order valence-corrected chi connectivity index (χ2v) is 9.73. The highest BCUT2D eigenvalue weighted by atomic mass is 16.7. The number of allylic oxidation sites excluding steroid dienone is 1. The Kier molecular flexibility index (Phi) is 14.7. The summed E-state index contributed by atoms with van der Waals surface area (Å²) in [5.41, 5.74) is 1.19. The van der Waals surface area contributed by atoms with Crippen molar-refractivity contribution in [2.75, 3.05) is 19.8 Å². The van der Waals surface area contributed by atoms with Crippen molar-refractivity contribution >= 4 is 0 Å². The Labute approximate surface area is 203 Å². The molecule has 1 heterocycles. The molecule has 1 saturated heterocycles. The van der Waals surface area contributed by atoms with Crippen molar-refractivity contribution in [2.24, 2.45) is 0 Å². The minimum Gasteiger partial charge on any atom is -0.376 e. The third-order valence-corrected chi connectivity index (χ3v) is 6.04. The fourth-order valence-corrected chi connectivity index (χ4v) is 4.09. The van der Waals surface area contributed by atoms with E-state index in [1.54, 1.807) is 0 Å². The molecule has 1 aliphatic heterocycles. The number of unbranched alkanes of at least 4 members (excludes halogenated alkanes) is 9. The zero-order chi connectivity index (χ0) is 23.6. The molecule has 2 rings (SSSR count). The Morgan fingerprint density at radius 3 is 2.33 bits per heavy atom. The van der Waals surface area contributed by atoms with Crippen LogP contribution in [0.4, 0.5) is 0 Å². The van der Waals surface area contributed by atoms with Gasteiger partial charge in [0.25, 0.3) is 0 Å². The molecular formula is C29H48O4. The fraction of sp³-hybridized carbons (Fsp3) is 0.724. The highest BCUT2D eigenvalue weighted by Crippen LogP contribution is 2.22. The van der Waals surface area contributed by atoms with Crippen molar-refractivity contribution in [3.05, 3.63) is 48.0 Å². The van der Waals surface area contributed by atoms with Gasteiger partial charge in [0, 0.05) is 0 Å². The maximum Gasteiger partial charge on any atom is 0.163 e. The molecule has 1 aromatic carbocycles. The topological polar surface area (TPSA) is 36.9 Å². The zero-order valence-corrected chi connectivity index (χ0v) is 21.4. The Morgan fingerprint density at radius 2 is 1.67 bits per heavy atom. The van der Waals surface area contributed by atoms with Gasteiger partial charge >= 0.3 is 0 Å². The van der Waals surface area contributed by atoms with Gasteiger partial charge in [-0.25, -0.2) is 0 Å². The monoisotopic (exact) mass is 460 g/mol. The third-order valence-electron chi connectivity index (χ3n) is 6.04. The third kappa shape index (κ3) is 13.9. The first-order chi connectivity index (χ1) is 16.1. The van der Waals surface area contributed by atoms with E-state index in [1.165, 1.54) is 63.4 Å². The summed E-state index contributed by atoms with van der Waals surface area (Å²) in [6, 6.07) is 10.3. The van der Waals surface area contributed by atoms with Crippen molar-refractivity contribution < 1.29 is 18.9 Å². The van der Waals surface area contributed by atoms with Crippen LogP contribution in [0.5, 0.6) is 0 Å². The van der Waals surface area contributed by atoms with Crippen LogP contribution in [-0.4, -0.2) is 37.8 Å². The van der Waals surface area contributed by atoms with Gasteiger partial charge in [-0.3, -0.25) is 0 Å². The van der Waals surface area contributed by atoms with Crippen LogP contribution in [0.15, 0.2) is 42.5 Å². The van der Waals surface area contributed by atoms with E-state index in [0.29, 0.717) is 26.4 Å². The number of hydrogen-bond acceptors (Lipinski definition) is 4. The van der Waals surface area contributed by atoms with Crippen molar-refractivity contribution in [3.8, 4) is 0 Å². The van der Waals surface area contributed by atoms with Gasteiger partial charge in [-0.2, -0.15) is 0 Å². The molecular weight excluding hydrogens is 412 g/mol. The number of rotatable bonds is 19. The van der Waals surface area contributed by atoms with Crippen molar-refractivity contribution in [3.63, 3.8) is 0 Å². The average molecular weight is 461 g/mol. The van der Waals surface area contributed by atoms with Crippen molar-refractivity contribution in [2.45, 2.75) is 116 Å². The van der Waals surface area contributed by atoms with Crippen LogP contribution in [0.3, 0.4) is 0 Å². The summed E-state index contributed by atoms with van der Waals surface area (Å²) < 4.78 is 23.6. The summed E-state index contributed by atoms with van der Waals surface area (Å²) in [4.78, 5) is 0. The van der Waals surface area contributed by atoms with E-state index in [9.17, 15) is 0 Å². The van der Waals surface area contributed by atoms with Crippen LogP contribution >= 0.6 is 0 Å². The molecule has 188 valence electrons. The summed E-state index contributed by atoms with van der Waals surface area (Å²) in [7, 11) is 0. The highest BCUT2D eigenvalue weighted by molar-refractivity contribution is 5.13. The molecule has 0 radical (unpaired) electrons. The van der Waals surface area contributed by atoms with Gasteiger partial charge < -0.3 is 18.9 Å². The molecule has 0 aliphatic carbocycles. The summed E-state index contributed by atoms with van der Waals surface area (Å²) in [5, 5.41) is 0. The molecule has 33 heavy (non-hydrogen) atoms. The lowest BCUT2D eigenvalue weighted by atomic mass is 10.1. The minimum absolute atomic E-state index is 0.00281. The maximum absolute atomic E-state index is 6.19. The molecule has 0 N–H and O–H groups in total. The van der Waals surface area contributed by atoms with Gasteiger partial charge in [0.1, 0.15) is 6.10 Å². The van der Waals surface area contributed by atoms with E-state index >= 15 is 0 Å². The van der Waals surface area contributed by atoms with Gasteiger partial charge in [0.05, 0.1) is 32.5 Å². The molecule has 0 aromatic heterocycles. The van der Waals surface area contributed by atoms with E-state index in [4.69, 9.17) is 18.9 Å². The molecule has 0 saturated carbocycles. The smallest absolute Gasteiger partial charge is 0.163 e. The minimum atomic E-state index is -0.505. The second kappa shape index (κ2) is 17.3. The van der Waals surface area contributed by atoms with Crippen LogP contribution in [0.25, 0.3) is 0 Å². The summed E-state index contributed by atoms with van der Waals surface area (Å²) >= 11 is 0. The van der Waals surface area contributed by atoms with Gasteiger partial charge in [0.2, 0.25) is 0 Å². The number of ether oxygens (including phenoxy) is 4. The SMILES string of the molecule is CCCCCCCCCCCC=CCC(COCC1COC(C)(C)O1)OCc1ccccc1. The van der Waals surface area contributed by atoms with Crippen LogP contribution in [-0.2, 0) is 25.6 Å². The fourth-order valence-electron chi connectivity index (χ4n) is 4.09. The van der Waals surface area contributed by atoms with Gasteiger partial charge in [-0.15, -0.1) is 0 Å². The standard InChI is InChI=1S/C29H48O4/c1-4-5-6-7-8-9-10-11-12-13-14-18-21-27(31-22-26-19-16-15-17-20-26)23-30-24-28-25-32-29(2,3)33-28/h14-20,27-28H,4-13,21-25H2,1-3H3. The lowest BCUT2D eigenvalue weighted by Crippen LogP contribution is -2.26. The van der Waals surface area contributed by atoms with Gasteiger partial charge in [-0.05, 0) is 38.7 Å². The molecule has 1 fully saturated rings. The number of benzene rings is 1. The molecule has 1 aliphatic rings. The van der Waals surface area contributed by atoms with Crippen LogP contribution < -0.4 is 0 Å². The normalized spacial score (nSPS) is 18.8. The Morgan fingerprint density at radius 1 is 0.970 bits per heavy atom. The van der Waals surface area contributed by atoms with E-state index < -0.39 is 5.79 Å². The van der Waals surface area contributed by atoms with Crippen molar-refractivity contribution in [1.29, 1.82) is 0 Å². The highest BCUT2D eigenvalue weighted by Gasteiger charge is 2.32. The largest absolute Gasteiger partial charge is 0.376 e. The van der Waals surface area contributed by atoms with E-state index in [0.717, 1.165) is 12.8 Å². The van der Waals surface area contributed by atoms with Crippen LogP contribution in [0, 0.1) is 0 Å². The number of hydrogen-bond donors (Lipinski definition) is 0. The predicted octanol–water partition coefficient (Wildman–Crippen LogP) is 7.61. The molecule has 4 nitrogen and oxygen atoms in total. The van der Waals surface area contributed by atoms with Gasteiger partial charge in [-0.1, -0.05) is 101 Å². The molecule has 0 amide bonds. The first-order valence-electron chi connectivity index (χ1n) is 13.3. The van der Waals surface area contributed by atoms with E-state index in [1.807, 2.05) is 19.9 Å². The van der Waals surface area contributed by atoms with Crippen molar-refractivity contribution in [1.82, 2.24) is 0 Å². The molecule has 2 unspecified atom stereocenters. The summed E-state index contributed by atoms with van der Waals surface area (Å²) in [6.07, 6.45) is 19.0. The molecule has 1 aromatic rings. The molecule has 0 spiro atoms. The molecule has 4 heteroatoms. The second-order valence-electron chi connectivity index (χ2n) is 9.73. The average Bonchev–Trinajstić information content (AvgIpc) is 3.16. The zero-order valence-electron chi connectivity index (χ0n) is 21.4. The predicted molar refractivity (Wildman–Crippen MR) is 136 cm³/mol. The first-order valence-corrected chi connectivity index (χ1v) is 13.3. The van der Waals surface area contributed by atoms with E-state index in [-0.39, 0.29) is 12.2 Å². The van der Waals surface area contributed by atoms with Crippen LogP contribution in [0.1, 0.15) is 97.0 Å². The maximum atomic E-state index is 6.19. The molecule has 0 bridgehead atoms. The Hall–Kier alpha value is -1.20. The molecule has 2 atom stereocenters. The summed E-state index contributed by atoms with van der Waals surface area (Å²) in [6.45, 7) is 8.46. The Balaban J connectivity index is 1.61. The lowest BCUT2D eigenvalue weighted by Gasteiger charge is -2.19. The quantitative estimate of drug-likeness (QED) is 0.157. The van der Waals surface area contributed by atoms with Crippen LogP contribution in [0.2, 0.25) is 0 Å². The Bertz CT molecular complexity index is 613. The lowest BCUT2D eigenvalue weighted by molar-refractivity contribution is -0.147. The van der Waals surface area contributed by atoms with Gasteiger partial charge in [0.15, 0.2) is 5.79 Å². The summed E-state index contributed by atoms with van der Waals surface area (Å²) in [5.74, 6) is -0.505. The van der Waals surface area contributed by atoms with E-state index in [2.05, 4.69) is 43.3 Å².